The Morgan fingerprint density at radius 1 is 1.29 bits per heavy atom. The molecule has 0 radical (unpaired) electrons. The molecule has 0 unspecified atom stereocenters. The van der Waals surface area contributed by atoms with Crippen LogP contribution in [0.4, 0.5) is 0 Å². The Kier molecular flexibility index (Phi) is 3.72. The summed E-state index contributed by atoms with van der Waals surface area (Å²) in [6.45, 7) is 3.84. The van der Waals surface area contributed by atoms with Gasteiger partial charge in [0, 0.05) is 11.1 Å². The second-order valence-corrected chi connectivity index (χ2v) is 7.39. The van der Waals surface area contributed by atoms with Crippen LogP contribution in [0.2, 0.25) is 0 Å². The Labute approximate surface area is 145 Å². The maximum atomic E-state index is 12.9. The molecule has 1 amide bonds. The fraction of sp³-hybridized carbons (Fsp3) is 0.444. The number of thiazole rings is 1. The first-order valence-corrected chi connectivity index (χ1v) is 9.12. The van der Waals surface area contributed by atoms with Gasteiger partial charge in [-0.2, -0.15) is 0 Å². The molecule has 1 fully saturated rings. The van der Waals surface area contributed by atoms with Crippen molar-refractivity contribution in [3.63, 3.8) is 0 Å². The molecule has 24 heavy (non-hydrogen) atoms. The van der Waals surface area contributed by atoms with Crippen molar-refractivity contribution >= 4 is 17.2 Å². The van der Waals surface area contributed by atoms with Gasteiger partial charge in [-0.3, -0.25) is 4.79 Å². The molecule has 1 aromatic heterocycles. The zero-order valence-corrected chi connectivity index (χ0v) is 14.6. The molecule has 2 aromatic rings. The van der Waals surface area contributed by atoms with Crippen molar-refractivity contribution in [1.82, 2.24) is 10.3 Å². The van der Waals surface area contributed by atoms with Crippen molar-refractivity contribution in [2.75, 3.05) is 0 Å². The van der Waals surface area contributed by atoms with Crippen LogP contribution in [0.5, 0.6) is 11.5 Å². The largest absolute Gasteiger partial charge is 0.482 e. The number of carbonyl (C=O) groups excluding carboxylic acids is 1. The third-order valence-electron chi connectivity index (χ3n) is 4.70. The summed E-state index contributed by atoms with van der Waals surface area (Å²) in [5.41, 5.74) is 0.658. The normalized spacial score (nSPS) is 24.1. The van der Waals surface area contributed by atoms with Crippen LogP contribution >= 0.6 is 11.3 Å². The van der Waals surface area contributed by atoms with Gasteiger partial charge in [0.25, 0.3) is 5.91 Å². The first-order chi connectivity index (χ1) is 11.6. The van der Waals surface area contributed by atoms with Gasteiger partial charge >= 0.3 is 0 Å². The number of aryl methyl sites for hydroxylation is 1. The van der Waals surface area contributed by atoms with Crippen LogP contribution in [-0.4, -0.2) is 23.1 Å². The van der Waals surface area contributed by atoms with Crippen LogP contribution in [0.1, 0.15) is 36.9 Å². The van der Waals surface area contributed by atoms with Crippen molar-refractivity contribution in [1.29, 1.82) is 0 Å². The summed E-state index contributed by atoms with van der Waals surface area (Å²) in [6, 6.07) is 7.44. The highest BCUT2D eigenvalue weighted by Crippen LogP contribution is 2.43. The maximum absolute atomic E-state index is 12.9. The first kappa shape index (κ1) is 15.4. The summed E-state index contributed by atoms with van der Waals surface area (Å²) >= 11 is 1.61. The molecule has 1 aliphatic heterocycles. The average molecular weight is 344 g/mol. The molecule has 0 bridgehead atoms. The predicted octanol–water partition coefficient (Wildman–Crippen LogP) is 3.18. The van der Waals surface area contributed by atoms with Gasteiger partial charge < -0.3 is 14.8 Å². The van der Waals surface area contributed by atoms with Crippen molar-refractivity contribution < 1.29 is 14.3 Å². The molecule has 6 heteroatoms. The summed E-state index contributed by atoms with van der Waals surface area (Å²) in [4.78, 5) is 17.5. The van der Waals surface area contributed by atoms with Gasteiger partial charge in [0.2, 0.25) is 6.10 Å². The number of nitrogens with zero attached hydrogens (tertiary/aromatic N) is 1. The number of rotatable bonds is 3. The quantitative estimate of drug-likeness (QED) is 0.929. The molecule has 1 aromatic carbocycles. The SMILES string of the molecule is Cc1csc(C2(NC(=O)[C@@H]3Oc4ccccc4O[C@@H]3C)CCC2)n1. The number of aromatic nitrogens is 1. The van der Waals surface area contributed by atoms with E-state index in [1.165, 1.54) is 0 Å². The molecule has 0 saturated heterocycles. The topological polar surface area (TPSA) is 60.5 Å². The number of para-hydroxylation sites is 2. The third-order valence-corrected chi connectivity index (χ3v) is 5.86. The minimum Gasteiger partial charge on any atom is -0.482 e. The fourth-order valence-electron chi connectivity index (χ4n) is 3.21. The van der Waals surface area contributed by atoms with E-state index in [4.69, 9.17) is 9.47 Å². The van der Waals surface area contributed by atoms with Crippen LogP contribution in [0.25, 0.3) is 0 Å². The maximum Gasteiger partial charge on any atom is 0.265 e. The molecule has 2 atom stereocenters. The Bertz CT molecular complexity index is 769. The zero-order chi connectivity index (χ0) is 16.7. The molecule has 0 spiro atoms. The van der Waals surface area contributed by atoms with Gasteiger partial charge in [-0.25, -0.2) is 4.98 Å². The van der Waals surface area contributed by atoms with E-state index in [0.717, 1.165) is 30.0 Å². The Morgan fingerprint density at radius 2 is 2.00 bits per heavy atom. The third kappa shape index (κ3) is 2.55. The number of fused-ring (bicyclic) bond motifs is 1. The summed E-state index contributed by atoms with van der Waals surface area (Å²) in [6.07, 6.45) is 1.95. The highest BCUT2D eigenvalue weighted by atomic mass is 32.1. The van der Waals surface area contributed by atoms with E-state index in [9.17, 15) is 4.79 Å². The molecule has 1 aliphatic carbocycles. The molecular weight excluding hydrogens is 324 g/mol. The van der Waals surface area contributed by atoms with E-state index in [-0.39, 0.29) is 17.6 Å². The van der Waals surface area contributed by atoms with Crippen molar-refractivity contribution in [2.45, 2.75) is 50.9 Å². The van der Waals surface area contributed by atoms with Gasteiger partial charge in [0.05, 0.1) is 5.54 Å². The highest BCUT2D eigenvalue weighted by Gasteiger charge is 2.45. The van der Waals surface area contributed by atoms with E-state index < -0.39 is 6.10 Å². The van der Waals surface area contributed by atoms with E-state index in [0.29, 0.717) is 11.5 Å². The molecule has 1 saturated carbocycles. The molecule has 126 valence electrons. The van der Waals surface area contributed by atoms with Gasteiger partial charge in [0.1, 0.15) is 11.1 Å². The molecule has 4 rings (SSSR count). The fourth-order valence-corrected chi connectivity index (χ4v) is 4.22. The van der Waals surface area contributed by atoms with E-state index in [1.54, 1.807) is 11.3 Å². The van der Waals surface area contributed by atoms with Crippen molar-refractivity contribution in [2.24, 2.45) is 0 Å². The summed E-state index contributed by atoms with van der Waals surface area (Å²) in [7, 11) is 0. The van der Waals surface area contributed by atoms with Gasteiger partial charge in [0.15, 0.2) is 11.5 Å². The number of ether oxygens (including phenoxy) is 2. The predicted molar refractivity (Wildman–Crippen MR) is 91.5 cm³/mol. The van der Waals surface area contributed by atoms with E-state index in [2.05, 4.69) is 10.3 Å². The summed E-state index contributed by atoms with van der Waals surface area (Å²) < 4.78 is 11.8. The summed E-state index contributed by atoms with van der Waals surface area (Å²) in [5.74, 6) is 1.16. The number of hydrogen-bond donors (Lipinski definition) is 1. The minimum atomic E-state index is -0.654. The first-order valence-electron chi connectivity index (χ1n) is 8.24. The zero-order valence-electron chi connectivity index (χ0n) is 13.7. The molecule has 2 aliphatic rings. The Hall–Kier alpha value is -2.08. The van der Waals surface area contributed by atoms with Crippen LogP contribution in [0, 0.1) is 6.92 Å². The summed E-state index contributed by atoms with van der Waals surface area (Å²) in [5, 5.41) is 6.21. The highest BCUT2D eigenvalue weighted by molar-refractivity contribution is 7.09. The van der Waals surface area contributed by atoms with Crippen LogP contribution in [0.15, 0.2) is 29.6 Å². The van der Waals surface area contributed by atoms with Crippen LogP contribution in [0.3, 0.4) is 0 Å². The molecular formula is C18H20N2O3S. The van der Waals surface area contributed by atoms with Gasteiger partial charge in [-0.05, 0) is 45.2 Å². The second-order valence-electron chi connectivity index (χ2n) is 6.53. The number of hydrogen-bond acceptors (Lipinski definition) is 5. The Morgan fingerprint density at radius 3 is 2.58 bits per heavy atom. The van der Waals surface area contributed by atoms with E-state index in [1.807, 2.05) is 43.5 Å². The number of nitrogens with one attached hydrogen (secondary N) is 1. The molecule has 5 nitrogen and oxygen atoms in total. The molecule has 1 N–H and O–H groups in total. The molecule has 2 heterocycles. The average Bonchev–Trinajstić information content (AvgIpc) is 2.96. The van der Waals surface area contributed by atoms with E-state index >= 15 is 0 Å². The van der Waals surface area contributed by atoms with Gasteiger partial charge in [-0.1, -0.05) is 12.1 Å². The van der Waals surface area contributed by atoms with Crippen molar-refractivity contribution in [3.8, 4) is 11.5 Å². The smallest absolute Gasteiger partial charge is 0.265 e. The minimum absolute atomic E-state index is 0.135. The second kappa shape index (κ2) is 5.77. The van der Waals surface area contributed by atoms with Crippen molar-refractivity contribution in [3.05, 3.63) is 40.3 Å². The standard InChI is InChI=1S/C18H20N2O3S/c1-11-10-24-17(19-11)18(8-5-9-18)20-16(21)15-12(2)22-13-6-3-4-7-14(13)23-15/h3-4,6-7,10,12,15H,5,8-9H2,1-2H3,(H,20,21)/t12-,15-/m1/s1. The monoisotopic (exact) mass is 344 g/mol. The van der Waals surface area contributed by atoms with Crippen LogP contribution < -0.4 is 14.8 Å². The lowest BCUT2D eigenvalue weighted by Crippen LogP contribution is -2.57. The lowest BCUT2D eigenvalue weighted by Gasteiger charge is -2.42. The number of benzene rings is 1. The number of amides is 1. The number of carbonyl (C=O) groups is 1. The lowest BCUT2D eigenvalue weighted by molar-refractivity contribution is -0.136. The van der Waals surface area contributed by atoms with Crippen LogP contribution in [-0.2, 0) is 10.3 Å². The Balaban J connectivity index is 1.54. The van der Waals surface area contributed by atoms with Gasteiger partial charge in [-0.15, -0.1) is 11.3 Å². The lowest BCUT2D eigenvalue weighted by atomic mass is 9.77.